The van der Waals surface area contributed by atoms with Gasteiger partial charge in [0.2, 0.25) is 0 Å². The predicted octanol–water partition coefficient (Wildman–Crippen LogP) is 3.13. The number of urea groups is 1. The molecule has 5 heteroatoms. The fourth-order valence-corrected chi connectivity index (χ4v) is 3.67. The van der Waals surface area contributed by atoms with Crippen molar-refractivity contribution < 1.29 is 9.18 Å². The molecule has 2 amide bonds. The van der Waals surface area contributed by atoms with E-state index in [1.807, 2.05) is 15.9 Å². The summed E-state index contributed by atoms with van der Waals surface area (Å²) in [7, 11) is 0. The summed E-state index contributed by atoms with van der Waals surface area (Å²) in [5, 5.41) is 0. The SMILES string of the molecule is O=C(N1CCN(c2ccc(F)cc2)CC1)N1CCc2ccccc2C1. The first-order valence-corrected chi connectivity index (χ1v) is 8.82. The quantitative estimate of drug-likeness (QED) is 0.798. The van der Waals surface area contributed by atoms with Gasteiger partial charge in [-0.1, -0.05) is 24.3 Å². The molecule has 1 saturated heterocycles. The monoisotopic (exact) mass is 339 g/mol. The zero-order chi connectivity index (χ0) is 17.2. The van der Waals surface area contributed by atoms with Gasteiger partial charge < -0.3 is 14.7 Å². The highest BCUT2D eigenvalue weighted by molar-refractivity contribution is 5.75. The minimum absolute atomic E-state index is 0.133. The fourth-order valence-electron chi connectivity index (χ4n) is 3.67. The van der Waals surface area contributed by atoms with Crippen LogP contribution < -0.4 is 4.90 Å². The third kappa shape index (κ3) is 3.31. The van der Waals surface area contributed by atoms with Crippen LogP contribution in [0, 0.1) is 5.82 Å². The van der Waals surface area contributed by atoms with Crippen molar-refractivity contribution in [1.29, 1.82) is 0 Å². The Balaban J connectivity index is 1.36. The molecule has 0 saturated carbocycles. The summed E-state index contributed by atoms with van der Waals surface area (Å²) in [6, 6.07) is 15.1. The van der Waals surface area contributed by atoms with Gasteiger partial charge >= 0.3 is 6.03 Å². The van der Waals surface area contributed by atoms with Crippen molar-refractivity contribution in [3.63, 3.8) is 0 Å². The molecule has 2 aliphatic rings. The normalized spacial score (nSPS) is 17.4. The van der Waals surface area contributed by atoms with Gasteiger partial charge in [0.15, 0.2) is 0 Å². The highest BCUT2D eigenvalue weighted by Gasteiger charge is 2.27. The van der Waals surface area contributed by atoms with Crippen LogP contribution in [0.1, 0.15) is 11.1 Å². The lowest BCUT2D eigenvalue weighted by Crippen LogP contribution is -2.53. The Bertz CT molecular complexity index is 754. The van der Waals surface area contributed by atoms with Crippen molar-refractivity contribution in [2.24, 2.45) is 0 Å². The van der Waals surface area contributed by atoms with Crippen LogP contribution >= 0.6 is 0 Å². The minimum Gasteiger partial charge on any atom is -0.368 e. The third-order valence-electron chi connectivity index (χ3n) is 5.14. The average Bonchev–Trinajstić information content (AvgIpc) is 2.68. The number of fused-ring (bicyclic) bond motifs is 1. The molecule has 0 aliphatic carbocycles. The lowest BCUT2D eigenvalue weighted by atomic mass is 10.0. The summed E-state index contributed by atoms with van der Waals surface area (Å²) in [6.45, 7) is 4.45. The first-order chi connectivity index (χ1) is 12.2. The van der Waals surface area contributed by atoms with Gasteiger partial charge in [-0.15, -0.1) is 0 Å². The number of carbonyl (C=O) groups excluding carboxylic acids is 1. The summed E-state index contributed by atoms with van der Waals surface area (Å²) in [5.74, 6) is -0.219. The van der Waals surface area contributed by atoms with Crippen LogP contribution in [0.25, 0.3) is 0 Å². The maximum absolute atomic E-state index is 13.1. The number of halogens is 1. The second-order valence-electron chi connectivity index (χ2n) is 6.67. The maximum Gasteiger partial charge on any atom is 0.320 e. The molecule has 25 heavy (non-hydrogen) atoms. The van der Waals surface area contributed by atoms with E-state index >= 15 is 0 Å². The topological polar surface area (TPSA) is 26.8 Å². The summed E-state index contributed by atoms with van der Waals surface area (Å²) in [5.41, 5.74) is 3.63. The van der Waals surface area contributed by atoms with Gasteiger partial charge in [-0.3, -0.25) is 0 Å². The van der Waals surface area contributed by atoms with Crippen LogP contribution in [0.4, 0.5) is 14.9 Å². The molecule has 0 unspecified atom stereocenters. The van der Waals surface area contributed by atoms with E-state index in [9.17, 15) is 9.18 Å². The smallest absolute Gasteiger partial charge is 0.320 e. The molecule has 0 spiro atoms. The number of benzene rings is 2. The Kier molecular flexibility index (Phi) is 4.30. The van der Waals surface area contributed by atoms with Crippen LogP contribution in [0.15, 0.2) is 48.5 Å². The largest absolute Gasteiger partial charge is 0.368 e. The summed E-state index contributed by atoms with van der Waals surface area (Å²) in [4.78, 5) is 18.9. The van der Waals surface area contributed by atoms with E-state index in [1.165, 1.54) is 23.3 Å². The molecule has 0 aromatic heterocycles. The van der Waals surface area contributed by atoms with Gasteiger partial charge in [0.25, 0.3) is 0 Å². The van der Waals surface area contributed by atoms with E-state index in [-0.39, 0.29) is 11.8 Å². The molecule has 2 heterocycles. The van der Waals surface area contributed by atoms with Crippen molar-refractivity contribution in [2.45, 2.75) is 13.0 Å². The Labute approximate surface area is 147 Å². The van der Waals surface area contributed by atoms with Crippen molar-refractivity contribution in [2.75, 3.05) is 37.6 Å². The van der Waals surface area contributed by atoms with Gasteiger partial charge in [0.05, 0.1) is 0 Å². The molecule has 2 aromatic rings. The van der Waals surface area contributed by atoms with Crippen molar-refractivity contribution >= 4 is 11.7 Å². The molecular formula is C20H22FN3O. The Morgan fingerprint density at radius 1 is 0.800 bits per heavy atom. The second kappa shape index (κ2) is 6.75. The maximum atomic E-state index is 13.1. The van der Waals surface area contributed by atoms with Gasteiger partial charge in [-0.25, -0.2) is 9.18 Å². The second-order valence-corrected chi connectivity index (χ2v) is 6.67. The molecule has 130 valence electrons. The van der Waals surface area contributed by atoms with Gasteiger partial charge in [-0.05, 0) is 41.8 Å². The van der Waals surface area contributed by atoms with E-state index < -0.39 is 0 Å². The first kappa shape index (κ1) is 15.9. The molecule has 4 nitrogen and oxygen atoms in total. The van der Waals surface area contributed by atoms with Gasteiger partial charge in [-0.2, -0.15) is 0 Å². The van der Waals surface area contributed by atoms with Crippen LogP contribution in [-0.2, 0) is 13.0 Å². The van der Waals surface area contributed by atoms with E-state index in [0.29, 0.717) is 19.6 Å². The highest BCUT2D eigenvalue weighted by atomic mass is 19.1. The van der Waals surface area contributed by atoms with E-state index in [4.69, 9.17) is 0 Å². The van der Waals surface area contributed by atoms with E-state index in [1.54, 1.807) is 12.1 Å². The standard InChI is InChI=1S/C20H22FN3O/c21-18-5-7-19(8-6-18)22-11-13-23(14-12-22)20(25)24-10-9-16-3-1-2-4-17(16)15-24/h1-8H,9-15H2. The number of rotatable bonds is 1. The number of carbonyl (C=O) groups is 1. The summed E-state index contributed by atoms with van der Waals surface area (Å²) in [6.07, 6.45) is 0.928. The van der Waals surface area contributed by atoms with Crippen molar-refractivity contribution in [3.8, 4) is 0 Å². The number of hydrogen-bond donors (Lipinski definition) is 0. The Hall–Kier alpha value is -2.56. The number of hydrogen-bond acceptors (Lipinski definition) is 2. The number of nitrogens with zero attached hydrogens (tertiary/aromatic N) is 3. The molecule has 0 radical (unpaired) electrons. The lowest BCUT2D eigenvalue weighted by Gasteiger charge is -2.39. The highest BCUT2D eigenvalue weighted by Crippen LogP contribution is 2.21. The van der Waals surface area contributed by atoms with Crippen LogP contribution in [0.3, 0.4) is 0 Å². The van der Waals surface area contributed by atoms with Gasteiger partial charge in [0.1, 0.15) is 5.82 Å². The van der Waals surface area contributed by atoms with E-state index in [0.717, 1.165) is 31.7 Å². The zero-order valence-corrected chi connectivity index (χ0v) is 14.2. The number of amides is 2. The number of piperazine rings is 1. The zero-order valence-electron chi connectivity index (χ0n) is 14.2. The molecule has 1 fully saturated rings. The van der Waals surface area contributed by atoms with Crippen LogP contribution in [-0.4, -0.2) is 48.6 Å². The molecule has 0 atom stereocenters. The van der Waals surface area contributed by atoms with Crippen molar-refractivity contribution in [3.05, 3.63) is 65.5 Å². The van der Waals surface area contributed by atoms with E-state index in [2.05, 4.69) is 23.1 Å². The predicted molar refractivity (Wildman–Crippen MR) is 96.1 cm³/mol. The minimum atomic E-state index is -0.219. The Morgan fingerprint density at radius 3 is 2.20 bits per heavy atom. The Morgan fingerprint density at radius 2 is 1.48 bits per heavy atom. The van der Waals surface area contributed by atoms with Crippen LogP contribution in [0.2, 0.25) is 0 Å². The fraction of sp³-hybridized carbons (Fsp3) is 0.350. The molecule has 4 rings (SSSR count). The molecule has 2 aromatic carbocycles. The van der Waals surface area contributed by atoms with Crippen LogP contribution in [0.5, 0.6) is 0 Å². The molecule has 0 N–H and O–H groups in total. The third-order valence-corrected chi connectivity index (χ3v) is 5.14. The van der Waals surface area contributed by atoms with Gasteiger partial charge in [0, 0.05) is 45.0 Å². The average molecular weight is 339 g/mol. The number of anilines is 1. The molecular weight excluding hydrogens is 317 g/mol. The molecule has 2 aliphatic heterocycles. The molecule has 0 bridgehead atoms. The van der Waals surface area contributed by atoms with Crippen molar-refractivity contribution in [1.82, 2.24) is 9.80 Å². The lowest BCUT2D eigenvalue weighted by molar-refractivity contribution is 0.145. The summed E-state index contributed by atoms with van der Waals surface area (Å²) >= 11 is 0. The summed E-state index contributed by atoms with van der Waals surface area (Å²) < 4.78 is 13.1. The first-order valence-electron chi connectivity index (χ1n) is 8.82.